The van der Waals surface area contributed by atoms with Crippen LogP contribution in [0.25, 0.3) is 11.3 Å². The highest BCUT2D eigenvalue weighted by Crippen LogP contribution is 2.22. The molecule has 0 aliphatic carbocycles. The Balaban J connectivity index is 1.48. The van der Waals surface area contributed by atoms with Gasteiger partial charge in [-0.05, 0) is 31.2 Å². The summed E-state index contributed by atoms with van der Waals surface area (Å²) in [5.74, 6) is 7.37. The van der Waals surface area contributed by atoms with Crippen molar-refractivity contribution in [1.82, 2.24) is 24.7 Å². The minimum Gasteiger partial charge on any atom is -0.385 e. The van der Waals surface area contributed by atoms with E-state index in [1.165, 1.54) is 6.33 Å². The summed E-state index contributed by atoms with van der Waals surface area (Å²) in [6, 6.07) is 9.61. The predicted molar refractivity (Wildman–Crippen MR) is 102 cm³/mol. The van der Waals surface area contributed by atoms with Gasteiger partial charge in [0.2, 0.25) is 0 Å². The standard InChI is InChI=1S/C21H17N5O2/c1-15(27)21-24-8-9-26(21)13-19-10-20(28-25-19)18-6-4-16(5-7-18)2-3-17-11-22-14-23-12-17/h4-12,14-15,27H,13H2,1H3. The van der Waals surface area contributed by atoms with E-state index in [1.807, 2.05) is 41.1 Å². The maximum atomic E-state index is 9.75. The molecule has 1 unspecified atom stereocenters. The third kappa shape index (κ3) is 3.98. The van der Waals surface area contributed by atoms with E-state index >= 15 is 0 Å². The van der Waals surface area contributed by atoms with E-state index in [-0.39, 0.29) is 0 Å². The van der Waals surface area contributed by atoms with Crippen LogP contribution in [0.3, 0.4) is 0 Å². The monoisotopic (exact) mass is 371 g/mol. The minimum atomic E-state index is -0.641. The highest BCUT2D eigenvalue weighted by atomic mass is 16.5. The highest BCUT2D eigenvalue weighted by molar-refractivity contribution is 5.59. The van der Waals surface area contributed by atoms with Gasteiger partial charge in [-0.3, -0.25) is 0 Å². The van der Waals surface area contributed by atoms with Crippen molar-refractivity contribution in [1.29, 1.82) is 0 Å². The molecule has 0 radical (unpaired) electrons. The lowest BCUT2D eigenvalue weighted by molar-refractivity contribution is 0.184. The van der Waals surface area contributed by atoms with Crippen LogP contribution in [-0.2, 0) is 6.54 Å². The Morgan fingerprint density at radius 1 is 1.11 bits per heavy atom. The lowest BCUT2D eigenvalue weighted by atomic mass is 10.1. The Morgan fingerprint density at radius 3 is 2.61 bits per heavy atom. The van der Waals surface area contributed by atoms with Crippen LogP contribution in [0.1, 0.15) is 35.7 Å². The third-order valence-corrected chi connectivity index (χ3v) is 4.09. The average Bonchev–Trinajstić information content (AvgIpc) is 3.38. The Bertz CT molecular complexity index is 1120. The van der Waals surface area contributed by atoms with Gasteiger partial charge in [-0.15, -0.1) is 0 Å². The molecule has 4 rings (SSSR count). The smallest absolute Gasteiger partial charge is 0.167 e. The Hall–Kier alpha value is -3.76. The van der Waals surface area contributed by atoms with Gasteiger partial charge in [0.15, 0.2) is 5.76 Å². The third-order valence-electron chi connectivity index (χ3n) is 4.09. The van der Waals surface area contributed by atoms with Crippen molar-refractivity contribution in [3.8, 4) is 23.2 Å². The Labute approximate surface area is 161 Å². The molecule has 1 atom stereocenters. The zero-order chi connectivity index (χ0) is 19.3. The fraction of sp³-hybridized carbons (Fsp3) is 0.143. The summed E-state index contributed by atoms with van der Waals surface area (Å²) in [6.45, 7) is 2.16. The van der Waals surface area contributed by atoms with Gasteiger partial charge in [-0.25, -0.2) is 15.0 Å². The first kappa shape index (κ1) is 17.6. The fourth-order valence-electron chi connectivity index (χ4n) is 2.74. The van der Waals surface area contributed by atoms with E-state index in [1.54, 1.807) is 25.5 Å². The first-order valence-electron chi connectivity index (χ1n) is 8.71. The van der Waals surface area contributed by atoms with Crippen LogP contribution in [0.2, 0.25) is 0 Å². The fourth-order valence-corrected chi connectivity index (χ4v) is 2.74. The lowest BCUT2D eigenvalue weighted by Gasteiger charge is -2.07. The molecule has 138 valence electrons. The number of aromatic nitrogens is 5. The summed E-state index contributed by atoms with van der Waals surface area (Å²) < 4.78 is 7.32. The second-order valence-corrected chi connectivity index (χ2v) is 6.23. The number of imidazole rings is 1. The van der Waals surface area contributed by atoms with Crippen molar-refractivity contribution in [3.63, 3.8) is 0 Å². The van der Waals surface area contributed by atoms with Gasteiger partial charge in [0.25, 0.3) is 0 Å². The summed E-state index contributed by atoms with van der Waals surface area (Å²) >= 11 is 0. The van der Waals surface area contributed by atoms with Gasteiger partial charge >= 0.3 is 0 Å². The molecular weight excluding hydrogens is 354 g/mol. The molecule has 0 fully saturated rings. The zero-order valence-corrected chi connectivity index (χ0v) is 15.1. The van der Waals surface area contributed by atoms with E-state index in [0.29, 0.717) is 18.1 Å². The molecule has 7 heteroatoms. The van der Waals surface area contributed by atoms with Crippen LogP contribution in [0.4, 0.5) is 0 Å². The maximum Gasteiger partial charge on any atom is 0.167 e. The van der Waals surface area contributed by atoms with Crippen molar-refractivity contribution < 1.29 is 9.63 Å². The largest absolute Gasteiger partial charge is 0.385 e. The molecule has 28 heavy (non-hydrogen) atoms. The summed E-state index contributed by atoms with van der Waals surface area (Å²) in [6.07, 6.45) is 7.65. The lowest BCUT2D eigenvalue weighted by Crippen LogP contribution is -2.07. The van der Waals surface area contributed by atoms with Crippen molar-refractivity contribution >= 4 is 0 Å². The van der Waals surface area contributed by atoms with Gasteiger partial charge in [-0.2, -0.15) is 0 Å². The highest BCUT2D eigenvalue weighted by Gasteiger charge is 2.12. The number of aliphatic hydroxyl groups is 1. The van der Waals surface area contributed by atoms with Crippen LogP contribution >= 0.6 is 0 Å². The number of hydrogen-bond acceptors (Lipinski definition) is 6. The molecule has 0 spiro atoms. The number of aliphatic hydroxyl groups excluding tert-OH is 1. The van der Waals surface area contributed by atoms with Crippen LogP contribution in [0.5, 0.6) is 0 Å². The molecule has 3 aromatic heterocycles. The summed E-state index contributed by atoms with van der Waals surface area (Å²) in [5.41, 5.74) is 3.31. The number of benzene rings is 1. The molecule has 1 aromatic carbocycles. The molecule has 0 aliphatic rings. The van der Waals surface area contributed by atoms with E-state index in [2.05, 4.69) is 31.9 Å². The first-order valence-corrected chi connectivity index (χ1v) is 8.71. The van der Waals surface area contributed by atoms with Gasteiger partial charge in [0.1, 0.15) is 23.9 Å². The molecule has 7 nitrogen and oxygen atoms in total. The molecular formula is C21H17N5O2. The summed E-state index contributed by atoms with van der Waals surface area (Å²) in [7, 11) is 0. The van der Waals surface area contributed by atoms with E-state index in [4.69, 9.17) is 4.52 Å². The molecule has 4 aromatic rings. The molecule has 0 saturated heterocycles. The molecule has 0 saturated carbocycles. The van der Waals surface area contributed by atoms with Crippen molar-refractivity contribution in [2.24, 2.45) is 0 Å². The van der Waals surface area contributed by atoms with Gasteiger partial charge < -0.3 is 14.2 Å². The van der Waals surface area contributed by atoms with E-state index < -0.39 is 6.10 Å². The van der Waals surface area contributed by atoms with Crippen LogP contribution in [0, 0.1) is 11.8 Å². The minimum absolute atomic E-state index is 0.479. The maximum absolute atomic E-state index is 9.75. The normalized spacial score (nSPS) is 11.6. The second-order valence-electron chi connectivity index (χ2n) is 6.23. The van der Waals surface area contributed by atoms with Crippen molar-refractivity contribution in [3.05, 3.63) is 84.1 Å². The molecule has 1 N–H and O–H groups in total. The number of nitrogens with zero attached hydrogens (tertiary/aromatic N) is 5. The SMILES string of the molecule is CC(O)c1nccn1Cc1cc(-c2ccc(C#Cc3cncnc3)cc2)on1. The molecule has 0 amide bonds. The van der Waals surface area contributed by atoms with Crippen LogP contribution < -0.4 is 0 Å². The van der Waals surface area contributed by atoms with Gasteiger partial charge in [0.05, 0.1) is 12.1 Å². The van der Waals surface area contributed by atoms with E-state index in [9.17, 15) is 5.11 Å². The van der Waals surface area contributed by atoms with Gasteiger partial charge in [-0.1, -0.05) is 17.0 Å². The Morgan fingerprint density at radius 2 is 1.86 bits per heavy atom. The van der Waals surface area contributed by atoms with Crippen LogP contribution in [-0.4, -0.2) is 29.8 Å². The number of hydrogen-bond donors (Lipinski definition) is 1. The quantitative estimate of drug-likeness (QED) is 0.555. The zero-order valence-electron chi connectivity index (χ0n) is 15.1. The topological polar surface area (TPSA) is 89.9 Å². The number of rotatable bonds is 4. The van der Waals surface area contributed by atoms with Crippen LogP contribution in [0.15, 0.2) is 66.0 Å². The first-order chi connectivity index (χ1) is 13.7. The average molecular weight is 371 g/mol. The summed E-state index contributed by atoms with van der Waals surface area (Å²) in [5, 5.41) is 13.9. The second kappa shape index (κ2) is 7.86. The van der Waals surface area contributed by atoms with E-state index in [0.717, 1.165) is 22.4 Å². The molecule has 0 bridgehead atoms. The van der Waals surface area contributed by atoms with Crippen molar-refractivity contribution in [2.45, 2.75) is 19.6 Å². The summed E-state index contributed by atoms with van der Waals surface area (Å²) in [4.78, 5) is 12.0. The molecule has 0 aliphatic heterocycles. The van der Waals surface area contributed by atoms with Gasteiger partial charge in [0, 0.05) is 42.0 Å². The predicted octanol–water partition coefficient (Wildman–Crippen LogP) is 2.83. The molecule has 3 heterocycles. The van der Waals surface area contributed by atoms with Crippen molar-refractivity contribution in [2.75, 3.05) is 0 Å². The Kier molecular flexibility index (Phi) is 4.95.